The van der Waals surface area contributed by atoms with Crippen LogP contribution in [0.3, 0.4) is 0 Å². The zero-order valence-corrected chi connectivity index (χ0v) is 17.7. The molecule has 5 rings (SSSR count). The van der Waals surface area contributed by atoms with Gasteiger partial charge in [-0.15, -0.1) is 0 Å². The molecule has 1 aromatic carbocycles. The first-order chi connectivity index (χ1) is 14.9. The molecule has 9 nitrogen and oxygen atoms in total. The van der Waals surface area contributed by atoms with Crippen LogP contribution in [0.2, 0.25) is 0 Å². The number of aromatic nitrogens is 5. The summed E-state index contributed by atoms with van der Waals surface area (Å²) in [4.78, 5) is 34.7. The van der Waals surface area contributed by atoms with Crippen LogP contribution in [-0.4, -0.2) is 53.3 Å². The number of aryl methyl sites for hydroxylation is 1. The third-order valence-electron chi connectivity index (χ3n) is 6.60. The highest BCUT2D eigenvalue weighted by atomic mass is 16.3. The maximum atomic E-state index is 12.6. The van der Waals surface area contributed by atoms with Crippen LogP contribution in [0.4, 0.5) is 0 Å². The molecular formula is C22H26N6O3. The minimum absolute atomic E-state index is 0.294. The molecule has 9 heteroatoms. The Morgan fingerprint density at radius 2 is 1.90 bits per heavy atom. The molecule has 1 aliphatic heterocycles. The number of hydrogen-bond acceptors (Lipinski definition) is 5. The van der Waals surface area contributed by atoms with Gasteiger partial charge in [0.25, 0.3) is 5.56 Å². The third-order valence-corrected chi connectivity index (χ3v) is 6.60. The van der Waals surface area contributed by atoms with Crippen molar-refractivity contribution in [3.05, 3.63) is 57.1 Å². The van der Waals surface area contributed by atoms with E-state index < -0.39 is 0 Å². The Balaban J connectivity index is 1.28. The van der Waals surface area contributed by atoms with Gasteiger partial charge in [-0.25, -0.2) is 9.78 Å². The van der Waals surface area contributed by atoms with E-state index in [1.807, 2.05) is 16.7 Å². The third kappa shape index (κ3) is 3.25. The zero-order chi connectivity index (χ0) is 21.7. The first-order valence-electron chi connectivity index (χ1n) is 10.6. The highest BCUT2D eigenvalue weighted by Crippen LogP contribution is 2.34. The van der Waals surface area contributed by atoms with Crippen LogP contribution in [0.25, 0.3) is 22.1 Å². The number of aromatic hydroxyl groups is 1. The van der Waals surface area contributed by atoms with Crippen LogP contribution in [0.5, 0.6) is 5.75 Å². The summed E-state index contributed by atoms with van der Waals surface area (Å²) >= 11 is 0. The number of nitrogens with one attached hydrogen (secondary N) is 1. The molecule has 0 spiro atoms. The predicted octanol–water partition coefficient (Wildman–Crippen LogP) is 1.50. The monoisotopic (exact) mass is 422 g/mol. The van der Waals surface area contributed by atoms with Gasteiger partial charge in [-0.1, -0.05) is 0 Å². The van der Waals surface area contributed by atoms with Gasteiger partial charge in [0.1, 0.15) is 5.75 Å². The Kier molecular flexibility index (Phi) is 4.70. The summed E-state index contributed by atoms with van der Waals surface area (Å²) in [7, 11) is 3.13. The molecule has 0 radical (unpaired) electrons. The van der Waals surface area contributed by atoms with Crippen molar-refractivity contribution in [3.8, 4) is 5.75 Å². The van der Waals surface area contributed by atoms with Gasteiger partial charge in [-0.05, 0) is 55.6 Å². The number of phenols is 1. The lowest BCUT2D eigenvalue weighted by atomic mass is 9.89. The smallest absolute Gasteiger partial charge is 0.332 e. The van der Waals surface area contributed by atoms with Gasteiger partial charge >= 0.3 is 5.69 Å². The van der Waals surface area contributed by atoms with Crippen LogP contribution >= 0.6 is 0 Å². The minimum atomic E-state index is -0.365. The van der Waals surface area contributed by atoms with Crippen molar-refractivity contribution in [1.82, 2.24) is 28.6 Å². The van der Waals surface area contributed by atoms with Crippen LogP contribution in [-0.2, 0) is 20.6 Å². The first-order valence-corrected chi connectivity index (χ1v) is 10.6. The molecular weight excluding hydrogens is 396 g/mol. The second-order valence-electron chi connectivity index (χ2n) is 8.41. The molecule has 3 aromatic heterocycles. The molecule has 162 valence electrons. The number of benzene rings is 1. The second kappa shape index (κ2) is 7.42. The van der Waals surface area contributed by atoms with E-state index in [1.54, 1.807) is 19.4 Å². The number of piperidine rings is 1. The molecule has 1 fully saturated rings. The van der Waals surface area contributed by atoms with Crippen LogP contribution in [0.1, 0.15) is 24.3 Å². The van der Waals surface area contributed by atoms with Crippen molar-refractivity contribution in [1.29, 1.82) is 0 Å². The number of imidazole rings is 1. The van der Waals surface area contributed by atoms with Crippen molar-refractivity contribution in [3.63, 3.8) is 0 Å². The van der Waals surface area contributed by atoms with Crippen molar-refractivity contribution in [2.45, 2.75) is 25.3 Å². The Bertz CT molecular complexity index is 1380. The number of nitrogens with zero attached hydrogens (tertiary/aromatic N) is 5. The van der Waals surface area contributed by atoms with Gasteiger partial charge < -0.3 is 19.6 Å². The van der Waals surface area contributed by atoms with E-state index in [-0.39, 0.29) is 11.2 Å². The van der Waals surface area contributed by atoms with Gasteiger partial charge in [-0.3, -0.25) is 13.9 Å². The normalized spacial score (nSPS) is 15.9. The SMILES string of the molecule is Cn1c(=O)c2c(ncn2CCN2CCC(c3c[nH]c4ccc(O)cc34)CC2)n(C)c1=O. The number of fused-ring (bicyclic) bond motifs is 2. The maximum absolute atomic E-state index is 12.6. The average Bonchev–Trinajstić information content (AvgIpc) is 3.39. The summed E-state index contributed by atoms with van der Waals surface area (Å²) in [6.45, 7) is 3.41. The summed E-state index contributed by atoms with van der Waals surface area (Å²) in [5, 5.41) is 10.9. The Labute approximate surface area is 178 Å². The average molecular weight is 422 g/mol. The Hall–Kier alpha value is -3.33. The highest BCUT2D eigenvalue weighted by molar-refractivity contribution is 5.85. The van der Waals surface area contributed by atoms with E-state index in [9.17, 15) is 14.7 Å². The largest absolute Gasteiger partial charge is 0.508 e. The van der Waals surface area contributed by atoms with Crippen molar-refractivity contribution in [2.24, 2.45) is 14.1 Å². The number of H-pyrrole nitrogens is 1. The fourth-order valence-electron chi connectivity index (χ4n) is 4.75. The molecule has 0 amide bonds. The van der Waals surface area contributed by atoms with E-state index in [1.165, 1.54) is 17.2 Å². The lowest BCUT2D eigenvalue weighted by Crippen LogP contribution is -2.38. The van der Waals surface area contributed by atoms with Gasteiger partial charge in [0.05, 0.1) is 6.33 Å². The van der Waals surface area contributed by atoms with Gasteiger partial charge in [-0.2, -0.15) is 0 Å². The van der Waals surface area contributed by atoms with Crippen LogP contribution in [0, 0.1) is 0 Å². The van der Waals surface area contributed by atoms with Gasteiger partial charge in [0.15, 0.2) is 11.2 Å². The molecule has 2 N–H and O–H groups in total. The molecule has 31 heavy (non-hydrogen) atoms. The topological polar surface area (TPSA) is 101 Å². The number of aromatic amines is 1. The van der Waals surface area contributed by atoms with E-state index in [2.05, 4.69) is 21.1 Å². The molecule has 4 aromatic rings. The minimum Gasteiger partial charge on any atom is -0.508 e. The number of likely N-dealkylation sites (tertiary alicyclic amines) is 1. The summed E-state index contributed by atoms with van der Waals surface area (Å²) in [6.07, 6.45) is 5.81. The Morgan fingerprint density at radius 3 is 2.68 bits per heavy atom. The standard InChI is InChI=1S/C22H26N6O3/c1-25-20-19(21(30)26(2)22(25)31)28(13-24-20)10-9-27-7-5-14(6-8-27)17-12-23-18-4-3-15(29)11-16(17)18/h3-4,11-14,23,29H,5-10H2,1-2H3. The van der Waals surface area contributed by atoms with E-state index in [4.69, 9.17) is 0 Å². The summed E-state index contributed by atoms with van der Waals surface area (Å²) in [5.41, 5.74) is 2.55. The molecule has 1 aliphatic rings. The van der Waals surface area contributed by atoms with E-state index in [0.29, 0.717) is 29.4 Å². The molecule has 0 unspecified atom stereocenters. The molecule has 0 aliphatic carbocycles. The predicted molar refractivity (Wildman–Crippen MR) is 119 cm³/mol. The molecule has 4 heterocycles. The lowest BCUT2D eigenvalue weighted by Gasteiger charge is -2.32. The fraction of sp³-hybridized carbons (Fsp3) is 0.409. The zero-order valence-electron chi connectivity index (χ0n) is 17.7. The van der Waals surface area contributed by atoms with E-state index in [0.717, 1.165) is 47.9 Å². The number of rotatable bonds is 4. The quantitative estimate of drug-likeness (QED) is 0.519. The first kappa shape index (κ1) is 19.6. The molecule has 0 saturated carbocycles. The lowest BCUT2D eigenvalue weighted by molar-refractivity contribution is 0.206. The fourth-order valence-corrected chi connectivity index (χ4v) is 4.75. The summed E-state index contributed by atoms with van der Waals surface area (Å²) in [5.74, 6) is 0.754. The van der Waals surface area contributed by atoms with Crippen molar-refractivity contribution >= 4 is 22.1 Å². The van der Waals surface area contributed by atoms with Gasteiger partial charge in [0, 0.05) is 44.3 Å². The second-order valence-corrected chi connectivity index (χ2v) is 8.41. The van der Waals surface area contributed by atoms with E-state index >= 15 is 0 Å². The number of phenolic OH excluding ortho intramolecular Hbond substituents is 1. The summed E-state index contributed by atoms with van der Waals surface area (Å²) < 4.78 is 4.40. The van der Waals surface area contributed by atoms with Crippen molar-refractivity contribution in [2.75, 3.05) is 19.6 Å². The summed E-state index contributed by atoms with van der Waals surface area (Å²) in [6, 6.07) is 5.46. The van der Waals surface area contributed by atoms with Gasteiger partial charge in [0.2, 0.25) is 0 Å². The molecule has 1 saturated heterocycles. The van der Waals surface area contributed by atoms with Crippen LogP contribution in [0.15, 0.2) is 40.3 Å². The Morgan fingerprint density at radius 1 is 1.13 bits per heavy atom. The van der Waals surface area contributed by atoms with Crippen molar-refractivity contribution < 1.29 is 5.11 Å². The maximum Gasteiger partial charge on any atom is 0.332 e. The highest BCUT2D eigenvalue weighted by Gasteiger charge is 2.23. The van der Waals surface area contributed by atoms with Crippen LogP contribution < -0.4 is 11.2 Å². The molecule has 0 bridgehead atoms. The molecule has 0 atom stereocenters. The number of hydrogen-bond donors (Lipinski definition) is 2.